The molecule has 1 aliphatic heterocycles. The van der Waals surface area contributed by atoms with E-state index in [1.807, 2.05) is 34.5 Å². The average Bonchev–Trinajstić information content (AvgIpc) is 3.47. The van der Waals surface area contributed by atoms with Gasteiger partial charge >= 0.3 is 0 Å². The summed E-state index contributed by atoms with van der Waals surface area (Å²) in [7, 11) is 0. The lowest BCUT2D eigenvalue weighted by atomic mass is 9.96. The Labute approximate surface area is 189 Å². The molecule has 0 spiro atoms. The first kappa shape index (κ1) is 19.8. The van der Waals surface area contributed by atoms with Gasteiger partial charge in [0.05, 0.1) is 23.5 Å². The van der Waals surface area contributed by atoms with Gasteiger partial charge in [-0.3, -0.25) is 9.55 Å². The first-order chi connectivity index (χ1) is 15.1. The Kier molecular flexibility index (Phi) is 5.03. The number of pyridine rings is 1. The second-order valence-corrected chi connectivity index (χ2v) is 8.68. The van der Waals surface area contributed by atoms with E-state index in [0.717, 1.165) is 27.8 Å². The lowest BCUT2D eigenvalue weighted by Gasteiger charge is -2.28. The van der Waals surface area contributed by atoms with Crippen LogP contribution in [0, 0.1) is 19.7 Å². The van der Waals surface area contributed by atoms with E-state index in [9.17, 15) is 4.39 Å². The van der Waals surface area contributed by atoms with Crippen molar-refractivity contribution in [1.82, 2.24) is 19.9 Å². The van der Waals surface area contributed by atoms with Crippen LogP contribution in [0.3, 0.4) is 0 Å². The van der Waals surface area contributed by atoms with E-state index >= 15 is 0 Å². The van der Waals surface area contributed by atoms with Gasteiger partial charge in [-0.25, -0.2) is 9.37 Å². The second-order valence-electron chi connectivity index (χ2n) is 7.42. The van der Waals surface area contributed by atoms with Crippen molar-refractivity contribution in [3.05, 3.63) is 94.8 Å². The number of aryl methyl sites for hydroxylation is 1. The van der Waals surface area contributed by atoms with E-state index in [-0.39, 0.29) is 17.9 Å². The van der Waals surface area contributed by atoms with Gasteiger partial charge in [-0.05, 0) is 62.0 Å². The number of nitrogens with zero attached hydrogens (tertiary/aromatic N) is 4. The molecule has 2 atom stereocenters. The molecule has 5 nitrogen and oxygen atoms in total. The highest BCUT2D eigenvalue weighted by Crippen LogP contribution is 2.44. The van der Waals surface area contributed by atoms with Crippen LogP contribution in [0.25, 0.3) is 5.13 Å². The largest absolute Gasteiger partial charge is 0.351 e. The Hall–Kier alpha value is -3.10. The summed E-state index contributed by atoms with van der Waals surface area (Å²) in [6.45, 7) is 4.13. The minimum atomic E-state index is -0.313. The highest BCUT2D eigenvalue weighted by atomic mass is 32.1. The molecule has 31 heavy (non-hydrogen) atoms. The van der Waals surface area contributed by atoms with Gasteiger partial charge in [0.15, 0.2) is 10.2 Å². The molecule has 4 aromatic rings. The molecule has 1 N–H and O–H groups in total. The molecule has 1 aliphatic rings. The molecule has 1 saturated heterocycles. The molecule has 0 saturated carbocycles. The molecule has 8 heteroatoms. The van der Waals surface area contributed by atoms with Crippen molar-refractivity contribution in [3.63, 3.8) is 0 Å². The van der Waals surface area contributed by atoms with Crippen molar-refractivity contribution in [1.29, 1.82) is 0 Å². The predicted molar refractivity (Wildman–Crippen MR) is 125 cm³/mol. The summed E-state index contributed by atoms with van der Waals surface area (Å²) < 4.78 is 17.0. The fourth-order valence-corrected chi connectivity index (χ4v) is 5.38. The van der Waals surface area contributed by atoms with Gasteiger partial charge in [0, 0.05) is 29.2 Å². The van der Waals surface area contributed by atoms with Gasteiger partial charge in [0.1, 0.15) is 5.82 Å². The molecule has 1 aromatic carbocycles. The number of nitrogens with one attached hydrogen (secondary N) is 1. The number of thiazole rings is 1. The van der Waals surface area contributed by atoms with Crippen molar-refractivity contribution in [2.75, 3.05) is 4.90 Å². The third-order valence-corrected chi connectivity index (χ3v) is 6.68. The quantitative estimate of drug-likeness (QED) is 0.431. The van der Waals surface area contributed by atoms with E-state index in [1.165, 1.54) is 6.07 Å². The molecule has 0 aliphatic carbocycles. The average molecular weight is 450 g/mol. The smallest absolute Gasteiger partial charge is 0.193 e. The molecule has 0 amide bonds. The maximum atomic E-state index is 14.9. The zero-order valence-electron chi connectivity index (χ0n) is 17.0. The zero-order valence-corrected chi connectivity index (χ0v) is 18.6. The number of anilines is 1. The molecule has 5 rings (SSSR count). The summed E-state index contributed by atoms with van der Waals surface area (Å²) in [4.78, 5) is 10.9. The van der Waals surface area contributed by atoms with Gasteiger partial charge < -0.3 is 10.2 Å². The van der Waals surface area contributed by atoms with E-state index in [0.29, 0.717) is 10.8 Å². The minimum absolute atomic E-state index is 0.224. The van der Waals surface area contributed by atoms with Crippen LogP contribution in [0.15, 0.2) is 66.3 Å². The van der Waals surface area contributed by atoms with Crippen LogP contribution in [0.2, 0.25) is 0 Å². The first-order valence-electron chi connectivity index (χ1n) is 9.90. The number of halogens is 1. The van der Waals surface area contributed by atoms with E-state index < -0.39 is 0 Å². The molecule has 1 fully saturated rings. The molecular formula is C23H20FN5S2. The number of aromatic nitrogens is 3. The number of hydrogen-bond donors (Lipinski definition) is 1. The lowest BCUT2D eigenvalue weighted by molar-refractivity contribution is 0.556. The fourth-order valence-electron chi connectivity index (χ4n) is 4.29. The zero-order chi connectivity index (χ0) is 21.5. The Balaban J connectivity index is 1.70. The topological polar surface area (TPSA) is 46.0 Å². The maximum absolute atomic E-state index is 14.9. The molecule has 4 heterocycles. The van der Waals surface area contributed by atoms with Crippen molar-refractivity contribution in [3.8, 4) is 5.13 Å². The van der Waals surface area contributed by atoms with Crippen molar-refractivity contribution in [2.45, 2.75) is 25.9 Å². The normalized spacial score (nSPS) is 18.4. The number of para-hydroxylation sites is 1. The maximum Gasteiger partial charge on any atom is 0.193 e. The van der Waals surface area contributed by atoms with E-state index in [2.05, 4.69) is 39.8 Å². The summed E-state index contributed by atoms with van der Waals surface area (Å²) >= 11 is 7.28. The number of thiocarbonyl (C=S) groups is 1. The number of hydrogen-bond acceptors (Lipinski definition) is 4. The minimum Gasteiger partial charge on any atom is -0.351 e. The summed E-state index contributed by atoms with van der Waals surface area (Å²) in [5.74, 6) is -0.313. The van der Waals surface area contributed by atoms with Crippen LogP contribution in [-0.4, -0.2) is 19.6 Å². The SMILES string of the molecule is Cc1cc(C2C(c3ccccn3)NC(=S)N2c2ccccc2F)c(C)n1-c1nccs1. The van der Waals surface area contributed by atoms with E-state index in [1.54, 1.807) is 35.9 Å². The number of benzene rings is 1. The molecule has 0 bridgehead atoms. The third kappa shape index (κ3) is 3.32. The van der Waals surface area contributed by atoms with Crippen LogP contribution in [0.1, 0.15) is 34.7 Å². The molecule has 2 unspecified atom stereocenters. The van der Waals surface area contributed by atoms with Crippen molar-refractivity contribution in [2.24, 2.45) is 0 Å². The summed E-state index contributed by atoms with van der Waals surface area (Å²) in [6.07, 6.45) is 3.56. The van der Waals surface area contributed by atoms with Crippen LogP contribution < -0.4 is 10.2 Å². The Morgan fingerprint density at radius 3 is 2.58 bits per heavy atom. The Morgan fingerprint density at radius 2 is 1.87 bits per heavy atom. The first-order valence-corrected chi connectivity index (χ1v) is 11.2. The van der Waals surface area contributed by atoms with Crippen molar-refractivity contribution >= 4 is 34.4 Å². The van der Waals surface area contributed by atoms with Gasteiger partial charge in [0.25, 0.3) is 0 Å². The van der Waals surface area contributed by atoms with Crippen LogP contribution in [0.5, 0.6) is 0 Å². The van der Waals surface area contributed by atoms with Gasteiger partial charge in [-0.2, -0.15) is 0 Å². The summed E-state index contributed by atoms with van der Waals surface area (Å²) in [6, 6.07) is 14.2. The lowest BCUT2D eigenvalue weighted by Crippen LogP contribution is -2.30. The molecule has 156 valence electrons. The Bertz CT molecular complexity index is 1240. The molecular weight excluding hydrogens is 429 g/mol. The Morgan fingerprint density at radius 1 is 1.06 bits per heavy atom. The summed E-state index contributed by atoms with van der Waals surface area (Å²) in [5.41, 5.74) is 4.47. The highest BCUT2D eigenvalue weighted by molar-refractivity contribution is 7.80. The van der Waals surface area contributed by atoms with Crippen LogP contribution in [0.4, 0.5) is 10.1 Å². The van der Waals surface area contributed by atoms with E-state index in [4.69, 9.17) is 12.2 Å². The molecule has 3 aromatic heterocycles. The number of rotatable bonds is 4. The fraction of sp³-hybridized carbons (Fsp3) is 0.174. The highest BCUT2D eigenvalue weighted by Gasteiger charge is 2.43. The van der Waals surface area contributed by atoms with Crippen LogP contribution in [-0.2, 0) is 0 Å². The van der Waals surface area contributed by atoms with Crippen molar-refractivity contribution < 1.29 is 4.39 Å². The van der Waals surface area contributed by atoms with Gasteiger partial charge in [0.2, 0.25) is 0 Å². The van der Waals surface area contributed by atoms with Crippen LogP contribution >= 0.6 is 23.6 Å². The third-order valence-electron chi connectivity index (χ3n) is 5.61. The predicted octanol–water partition coefficient (Wildman–Crippen LogP) is 5.26. The second kappa shape index (κ2) is 7.86. The van der Waals surface area contributed by atoms with Gasteiger partial charge in [-0.1, -0.05) is 18.2 Å². The summed E-state index contributed by atoms with van der Waals surface area (Å²) in [5, 5.41) is 6.73. The van der Waals surface area contributed by atoms with Gasteiger partial charge in [-0.15, -0.1) is 11.3 Å². The monoisotopic (exact) mass is 449 g/mol. The standard InChI is InChI=1S/C23H20FN5S2/c1-14-13-16(15(2)28(14)23-26-11-12-31-23)21-20(18-8-5-6-10-25-18)27-22(30)29(21)19-9-4-3-7-17(19)24/h3-13,20-21H,1-2H3,(H,27,30). The molecule has 0 radical (unpaired) electrons.